The Bertz CT molecular complexity index is 1110. The van der Waals surface area contributed by atoms with E-state index in [1.165, 1.54) is 0 Å². The van der Waals surface area contributed by atoms with Crippen LogP contribution >= 0.6 is 0 Å². The normalized spacial score (nSPS) is 11.5. The monoisotopic (exact) mass is 418 g/mol. The number of hydrogen-bond acceptors (Lipinski definition) is 5. The van der Waals surface area contributed by atoms with Crippen molar-refractivity contribution in [2.75, 3.05) is 11.9 Å². The molecule has 0 aliphatic rings. The van der Waals surface area contributed by atoms with Gasteiger partial charge in [-0.25, -0.2) is 9.97 Å². The third-order valence-corrected chi connectivity index (χ3v) is 4.51. The number of amides is 1. The highest BCUT2D eigenvalue weighted by Crippen LogP contribution is 2.18. The lowest BCUT2D eigenvalue weighted by Crippen LogP contribution is -2.25. The van der Waals surface area contributed by atoms with Gasteiger partial charge in [-0.3, -0.25) is 4.79 Å². The largest absolute Gasteiger partial charge is 0.466 e. The van der Waals surface area contributed by atoms with E-state index in [-0.39, 0.29) is 8.76 Å². The zero-order chi connectivity index (χ0) is 22.1. The molecule has 0 unspecified atom stereocenters. The molecule has 0 radical (unpaired) electrons. The van der Waals surface area contributed by atoms with Crippen LogP contribution in [0.3, 0.4) is 0 Å². The predicted octanol–water partition coefficient (Wildman–Crippen LogP) is 5.73. The van der Waals surface area contributed by atoms with Crippen LogP contribution in [0, 0.1) is 6.92 Å². The number of furan rings is 1. The standard InChI is InChI=1S/C25H26N4O2.2H2/c1-4-6-8-19(5-2)21-16-27-25(28-17-21)29-22-10-7-9-20(15-22)24(30)26-14-13-23-12-11-18(3)31-23;;/h4-12,15-17H,2,13-14H2,1,3H3,(H,26,30)(H,27,28,29);2*1H/b6-4-,19-8+;;. The van der Waals surface area contributed by atoms with E-state index in [1.807, 2.05) is 56.3 Å². The van der Waals surface area contributed by atoms with E-state index in [2.05, 4.69) is 27.2 Å². The molecule has 0 spiro atoms. The Morgan fingerprint density at radius 3 is 2.68 bits per heavy atom. The zero-order valence-electron chi connectivity index (χ0n) is 17.8. The number of benzene rings is 1. The minimum atomic E-state index is -0.145. The number of hydrogen-bond donors (Lipinski definition) is 2. The SMILES string of the molecule is C=C/C(=C\C=C/C)c1cnc(Nc2cccc(C(=O)NCCc3ccc(C)o3)c2)nc1.[HH].[HH]. The van der Waals surface area contributed by atoms with Gasteiger partial charge in [-0.1, -0.05) is 36.9 Å². The van der Waals surface area contributed by atoms with Gasteiger partial charge in [0.05, 0.1) is 0 Å². The van der Waals surface area contributed by atoms with Gasteiger partial charge in [-0.2, -0.15) is 0 Å². The van der Waals surface area contributed by atoms with Gasteiger partial charge in [0.25, 0.3) is 5.91 Å². The van der Waals surface area contributed by atoms with Gasteiger partial charge < -0.3 is 15.1 Å². The van der Waals surface area contributed by atoms with Gasteiger partial charge in [0.1, 0.15) is 11.5 Å². The second-order valence-electron chi connectivity index (χ2n) is 6.87. The van der Waals surface area contributed by atoms with Gasteiger partial charge in [0.15, 0.2) is 0 Å². The summed E-state index contributed by atoms with van der Waals surface area (Å²) in [5.74, 6) is 2.02. The average molecular weight is 419 g/mol. The first-order valence-electron chi connectivity index (χ1n) is 10.1. The van der Waals surface area contributed by atoms with Gasteiger partial charge in [0.2, 0.25) is 5.95 Å². The van der Waals surface area contributed by atoms with Crippen molar-refractivity contribution < 1.29 is 12.1 Å². The Balaban J connectivity index is 0.00000272. The van der Waals surface area contributed by atoms with Crippen LogP contribution in [0.2, 0.25) is 0 Å². The molecule has 2 N–H and O–H groups in total. The smallest absolute Gasteiger partial charge is 0.251 e. The van der Waals surface area contributed by atoms with E-state index in [0.717, 1.165) is 28.3 Å². The first kappa shape index (κ1) is 21.8. The number of nitrogens with one attached hydrogen (secondary N) is 2. The number of allylic oxidation sites excluding steroid dienone is 5. The first-order chi connectivity index (χ1) is 15.1. The summed E-state index contributed by atoms with van der Waals surface area (Å²) in [6, 6.07) is 11.1. The van der Waals surface area contributed by atoms with Crippen molar-refractivity contribution in [2.45, 2.75) is 20.3 Å². The fourth-order valence-corrected chi connectivity index (χ4v) is 2.91. The van der Waals surface area contributed by atoms with E-state index < -0.39 is 0 Å². The van der Waals surface area contributed by atoms with E-state index in [4.69, 9.17) is 4.42 Å². The number of rotatable bonds is 9. The first-order valence-corrected chi connectivity index (χ1v) is 10.1. The molecular formula is C25H30N4O2. The second kappa shape index (κ2) is 10.7. The molecule has 1 aromatic carbocycles. The Labute approximate surface area is 185 Å². The number of anilines is 2. The summed E-state index contributed by atoms with van der Waals surface area (Å²) < 4.78 is 5.52. The van der Waals surface area contributed by atoms with Crippen LogP contribution in [0.5, 0.6) is 0 Å². The van der Waals surface area contributed by atoms with Crippen LogP contribution in [0.25, 0.3) is 5.57 Å². The highest BCUT2D eigenvalue weighted by molar-refractivity contribution is 5.95. The van der Waals surface area contributed by atoms with Crippen molar-refractivity contribution in [1.29, 1.82) is 0 Å². The molecule has 6 heteroatoms. The van der Waals surface area contributed by atoms with E-state index >= 15 is 0 Å². The fourth-order valence-electron chi connectivity index (χ4n) is 2.91. The molecule has 2 aromatic heterocycles. The molecule has 0 bridgehead atoms. The summed E-state index contributed by atoms with van der Waals surface area (Å²) >= 11 is 0. The highest BCUT2D eigenvalue weighted by Gasteiger charge is 2.08. The highest BCUT2D eigenvalue weighted by atomic mass is 16.3. The third kappa shape index (κ3) is 6.27. The van der Waals surface area contributed by atoms with Crippen LogP contribution < -0.4 is 10.6 Å². The van der Waals surface area contributed by atoms with Crippen molar-refractivity contribution in [1.82, 2.24) is 15.3 Å². The van der Waals surface area contributed by atoms with Gasteiger partial charge in [0, 0.05) is 45.0 Å². The van der Waals surface area contributed by atoms with Gasteiger partial charge in [-0.05, 0) is 49.8 Å². The number of carbonyl (C=O) groups excluding carboxylic acids is 1. The Morgan fingerprint density at radius 1 is 1.19 bits per heavy atom. The molecule has 31 heavy (non-hydrogen) atoms. The van der Waals surface area contributed by atoms with Gasteiger partial charge in [-0.15, -0.1) is 0 Å². The molecule has 0 aliphatic carbocycles. The lowest BCUT2D eigenvalue weighted by molar-refractivity contribution is 0.0953. The number of carbonyl (C=O) groups is 1. The number of aryl methyl sites for hydroxylation is 1. The van der Waals surface area contributed by atoms with Crippen LogP contribution in [0.4, 0.5) is 11.6 Å². The number of nitrogens with zero attached hydrogens (tertiary/aromatic N) is 2. The zero-order valence-corrected chi connectivity index (χ0v) is 17.8. The lowest BCUT2D eigenvalue weighted by Gasteiger charge is -2.08. The molecule has 0 saturated carbocycles. The topological polar surface area (TPSA) is 80.0 Å². The van der Waals surface area contributed by atoms with E-state index in [9.17, 15) is 4.79 Å². The summed E-state index contributed by atoms with van der Waals surface area (Å²) in [5.41, 5.74) is 3.10. The molecule has 3 aromatic rings. The summed E-state index contributed by atoms with van der Waals surface area (Å²) in [4.78, 5) is 21.2. The van der Waals surface area contributed by atoms with E-state index in [1.54, 1.807) is 30.6 Å². The predicted molar refractivity (Wildman–Crippen MR) is 128 cm³/mol. The van der Waals surface area contributed by atoms with Crippen molar-refractivity contribution >= 4 is 23.1 Å². The Hall–Kier alpha value is -3.93. The molecule has 162 valence electrons. The maximum Gasteiger partial charge on any atom is 0.251 e. The van der Waals surface area contributed by atoms with Crippen LogP contribution in [0.1, 0.15) is 37.2 Å². The molecule has 0 fully saturated rings. The molecule has 0 saturated heterocycles. The van der Waals surface area contributed by atoms with Gasteiger partial charge >= 0.3 is 0 Å². The maximum absolute atomic E-state index is 12.5. The molecule has 3 rings (SSSR count). The van der Waals surface area contributed by atoms with Crippen molar-refractivity contribution in [3.63, 3.8) is 0 Å². The fraction of sp³-hybridized carbons (Fsp3) is 0.160. The molecule has 0 atom stereocenters. The van der Waals surface area contributed by atoms with Crippen LogP contribution in [0.15, 0.2) is 84.1 Å². The van der Waals surface area contributed by atoms with Crippen molar-refractivity contribution in [2.24, 2.45) is 0 Å². The summed E-state index contributed by atoms with van der Waals surface area (Å²) in [6.07, 6.45) is 11.7. The molecule has 0 aliphatic heterocycles. The maximum atomic E-state index is 12.5. The molecule has 1 amide bonds. The summed E-state index contributed by atoms with van der Waals surface area (Å²) in [6.45, 7) is 8.18. The Morgan fingerprint density at radius 2 is 2.00 bits per heavy atom. The second-order valence-corrected chi connectivity index (χ2v) is 6.87. The molecule has 2 heterocycles. The third-order valence-electron chi connectivity index (χ3n) is 4.51. The van der Waals surface area contributed by atoms with Crippen LogP contribution in [-0.2, 0) is 6.42 Å². The average Bonchev–Trinajstić information content (AvgIpc) is 3.20. The number of aromatic nitrogens is 2. The minimum absolute atomic E-state index is 0. The summed E-state index contributed by atoms with van der Waals surface area (Å²) in [5, 5.41) is 6.05. The van der Waals surface area contributed by atoms with Crippen LogP contribution in [-0.4, -0.2) is 22.4 Å². The molecule has 6 nitrogen and oxygen atoms in total. The van der Waals surface area contributed by atoms with E-state index in [0.29, 0.717) is 24.5 Å². The lowest BCUT2D eigenvalue weighted by atomic mass is 10.1. The minimum Gasteiger partial charge on any atom is -0.466 e. The molecular weight excluding hydrogens is 388 g/mol. The van der Waals surface area contributed by atoms with Crippen molar-refractivity contribution in [3.8, 4) is 0 Å². The quantitative estimate of drug-likeness (QED) is 0.434. The van der Waals surface area contributed by atoms with Crippen molar-refractivity contribution in [3.05, 3.63) is 102 Å². The Kier molecular flexibility index (Phi) is 7.54. The summed E-state index contributed by atoms with van der Waals surface area (Å²) in [7, 11) is 0.